The molecule has 1 aliphatic rings. The number of hydrogen-bond donors (Lipinski definition) is 1. The number of nitrogens with zero attached hydrogens (tertiary/aromatic N) is 2. The molecule has 0 amide bonds. The maximum atomic E-state index is 9.19. The summed E-state index contributed by atoms with van der Waals surface area (Å²) >= 11 is 0. The number of aromatic nitrogens is 1. The Hall–Kier alpha value is -1.56. The lowest BCUT2D eigenvalue weighted by atomic mass is 10.0. The Balaban J connectivity index is 2.37. The van der Waals surface area contributed by atoms with E-state index in [4.69, 9.17) is 0 Å². The van der Waals surface area contributed by atoms with Crippen molar-refractivity contribution in [2.75, 3.05) is 5.32 Å². The van der Waals surface area contributed by atoms with Gasteiger partial charge in [0.25, 0.3) is 0 Å². The first-order valence-corrected chi connectivity index (χ1v) is 6.27. The van der Waals surface area contributed by atoms with Gasteiger partial charge in [-0.3, -0.25) is 0 Å². The van der Waals surface area contributed by atoms with Crippen molar-refractivity contribution < 1.29 is 0 Å². The summed E-state index contributed by atoms with van der Waals surface area (Å²) in [5, 5.41) is 12.6. The largest absolute Gasteiger partial charge is 0.364 e. The summed E-state index contributed by atoms with van der Waals surface area (Å²) in [6.45, 7) is 6.39. The van der Waals surface area contributed by atoms with Crippen molar-refractivity contribution >= 4 is 5.82 Å². The highest BCUT2D eigenvalue weighted by atomic mass is 15.0. The summed E-state index contributed by atoms with van der Waals surface area (Å²) in [6.07, 6.45) is 4.27. The standard InChI is InChI=1S/C14H19N3/c1-4-14(2,3)17-13-11(9-15)8-10-6-5-7-12(10)16-13/h8H,4-7H2,1-3H3,(H,16,17). The van der Waals surface area contributed by atoms with Gasteiger partial charge in [-0.15, -0.1) is 0 Å². The van der Waals surface area contributed by atoms with Gasteiger partial charge in [0, 0.05) is 11.2 Å². The van der Waals surface area contributed by atoms with E-state index in [1.165, 1.54) is 11.3 Å². The van der Waals surface area contributed by atoms with Crippen LogP contribution in [0.4, 0.5) is 5.82 Å². The van der Waals surface area contributed by atoms with Crippen LogP contribution >= 0.6 is 0 Å². The van der Waals surface area contributed by atoms with Gasteiger partial charge >= 0.3 is 0 Å². The molecule has 17 heavy (non-hydrogen) atoms. The van der Waals surface area contributed by atoms with Crippen molar-refractivity contribution in [3.05, 3.63) is 22.9 Å². The molecule has 0 fully saturated rings. The molecule has 0 radical (unpaired) electrons. The lowest BCUT2D eigenvalue weighted by Crippen LogP contribution is -2.30. The molecule has 0 aromatic carbocycles. The maximum Gasteiger partial charge on any atom is 0.144 e. The van der Waals surface area contributed by atoms with Gasteiger partial charge in [0.2, 0.25) is 0 Å². The van der Waals surface area contributed by atoms with E-state index >= 15 is 0 Å². The monoisotopic (exact) mass is 229 g/mol. The van der Waals surface area contributed by atoms with Crippen molar-refractivity contribution in [2.45, 2.75) is 52.0 Å². The molecule has 90 valence electrons. The van der Waals surface area contributed by atoms with Crippen LogP contribution in [0, 0.1) is 11.3 Å². The molecular formula is C14H19N3. The van der Waals surface area contributed by atoms with E-state index in [9.17, 15) is 5.26 Å². The van der Waals surface area contributed by atoms with Crippen molar-refractivity contribution in [1.29, 1.82) is 5.26 Å². The molecule has 3 heteroatoms. The number of nitriles is 1. The molecule has 0 bridgehead atoms. The summed E-state index contributed by atoms with van der Waals surface area (Å²) < 4.78 is 0. The summed E-state index contributed by atoms with van der Waals surface area (Å²) in [4.78, 5) is 4.62. The lowest BCUT2D eigenvalue weighted by molar-refractivity contribution is 0.544. The number of hydrogen-bond acceptors (Lipinski definition) is 3. The highest BCUT2D eigenvalue weighted by molar-refractivity contribution is 5.56. The zero-order chi connectivity index (χ0) is 12.5. The zero-order valence-corrected chi connectivity index (χ0v) is 10.8. The molecular weight excluding hydrogens is 210 g/mol. The molecule has 0 saturated heterocycles. The van der Waals surface area contributed by atoms with Crippen LogP contribution in [-0.2, 0) is 12.8 Å². The van der Waals surface area contributed by atoms with Crippen LogP contribution in [0.15, 0.2) is 6.07 Å². The van der Waals surface area contributed by atoms with Crippen LogP contribution in [0.5, 0.6) is 0 Å². The molecule has 1 heterocycles. The van der Waals surface area contributed by atoms with Gasteiger partial charge in [0.1, 0.15) is 11.9 Å². The first-order chi connectivity index (χ1) is 8.05. The Kier molecular flexibility index (Phi) is 3.06. The van der Waals surface area contributed by atoms with E-state index < -0.39 is 0 Å². The third-order valence-electron chi connectivity index (χ3n) is 3.51. The van der Waals surface area contributed by atoms with Gasteiger partial charge < -0.3 is 5.32 Å². The van der Waals surface area contributed by atoms with Gasteiger partial charge in [-0.25, -0.2) is 4.98 Å². The van der Waals surface area contributed by atoms with Crippen molar-refractivity contribution in [1.82, 2.24) is 4.98 Å². The number of anilines is 1. The number of fused-ring (bicyclic) bond motifs is 1. The minimum atomic E-state index is -0.0224. The number of nitrogens with one attached hydrogen (secondary N) is 1. The number of pyridine rings is 1. The summed E-state index contributed by atoms with van der Waals surface area (Å²) in [5.74, 6) is 0.750. The normalized spacial score (nSPS) is 14.2. The van der Waals surface area contributed by atoms with Crippen LogP contribution in [-0.4, -0.2) is 10.5 Å². The Labute approximate surface area is 103 Å². The SMILES string of the molecule is CCC(C)(C)Nc1nc2c(cc1C#N)CCC2. The molecule has 0 spiro atoms. The Morgan fingerprint density at radius 2 is 2.24 bits per heavy atom. The third-order valence-corrected chi connectivity index (χ3v) is 3.51. The smallest absolute Gasteiger partial charge is 0.144 e. The summed E-state index contributed by atoms with van der Waals surface area (Å²) in [7, 11) is 0. The molecule has 1 aliphatic carbocycles. The van der Waals surface area contributed by atoms with E-state index in [0.717, 1.165) is 31.5 Å². The van der Waals surface area contributed by atoms with Crippen LogP contribution in [0.2, 0.25) is 0 Å². The van der Waals surface area contributed by atoms with Crippen LogP contribution in [0.25, 0.3) is 0 Å². The van der Waals surface area contributed by atoms with Crippen LogP contribution in [0.3, 0.4) is 0 Å². The number of aryl methyl sites for hydroxylation is 2. The van der Waals surface area contributed by atoms with Crippen LogP contribution < -0.4 is 5.32 Å². The molecule has 0 atom stereocenters. The topological polar surface area (TPSA) is 48.7 Å². The molecule has 0 unspecified atom stereocenters. The first-order valence-electron chi connectivity index (χ1n) is 6.27. The molecule has 2 rings (SSSR count). The molecule has 0 aliphatic heterocycles. The van der Waals surface area contributed by atoms with Gasteiger partial charge in [-0.05, 0) is 51.2 Å². The first kappa shape index (κ1) is 11.9. The fourth-order valence-electron chi connectivity index (χ4n) is 2.06. The second-order valence-electron chi connectivity index (χ2n) is 5.32. The Morgan fingerprint density at radius 1 is 1.47 bits per heavy atom. The average molecular weight is 229 g/mol. The molecule has 1 aromatic heterocycles. The predicted octanol–water partition coefficient (Wildman–Crippen LogP) is 3.04. The fraction of sp³-hybridized carbons (Fsp3) is 0.571. The highest BCUT2D eigenvalue weighted by Gasteiger charge is 2.20. The second kappa shape index (κ2) is 4.37. The average Bonchev–Trinajstić information content (AvgIpc) is 2.74. The van der Waals surface area contributed by atoms with E-state index in [1.54, 1.807) is 0 Å². The predicted molar refractivity (Wildman–Crippen MR) is 69.0 cm³/mol. The Bertz CT molecular complexity index is 469. The van der Waals surface area contributed by atoms with Gasteiger partial charge in [-0.1, -0.05) is 6.92 Å². The Morgan fingerprint density at radius 3 is 2.88 bits per heavy atom. The quantitative estimate of drug-likeness (QED) is 0.866. The number of rotatable bonds is 3. The van der Waals surface area contributed by atoms with Crippen LogP contribution in [0.1, 0.15) is 50.4 Å². The van der Waals surface area contributed by atoms with Gasteiger partial charge in [-0.2, -0.15) is 5.26 Å². The minimum Gasteiger partial charge on any atom is -0.364 e. The van der Waals surface area contributed by atoms with E-state index in [2.05, 4.69) is 37.1 Å². The van der Waals surface area contributed by atoms with Gasteiger partial charge in [0.05, 0.1) is 5.56 Å². The zero-order valence-electron chi connectivity index (χ0n) is 10.8. The van der Waals surface area contributed by atoms with Crippen molar-refractivity contribution in [3.8, 4) is 6.07 Å². The molecule has 3 nitrogen and oxygen atoms in total. The van der Waals surface area contributed by atoms with E-state index in [-0.39, 0.29) is 5.54 Å². The van der Waals surface area contributed by atoms with E-state index in [1.807, 2.05) is 6.07 Å². The van der Waals surface area contributed by atoms with E-state index in [0.29, 0.717) is 5.56 Å². The third kappa shape index (κ3) is 2.41. The molecule has 1 N–H and O–H groups in total. The highest BCUT2D eigenvalue weighted by Crippen LogP contribution is 2.27. The minimum absolute atomic E-state index is 0.0224. The molecule has 1 aromatic rings. The summed E-state index contributed by atoms with van der Waals surface area (Å²) in [5.41, 5.74) is 3.07. The molecule has 0 saturated carbocycles. The fourth-order valence-corrected chi connectivity index (χ4v) is 2.06. The maximum absolute atomic E-state index is 9.19. The summed E-state index contributed by atoms with van der Waals surface area (Å²) in [6, 6.07) is 4.25. The van der Waals surface area contributed by atoms with Crippen molar-refractivity contribution in [3.63, 3.8) is 0 Å². The van der Waals surface area contributed by atoms with Crippen molar-refractivity contribution in [2.24, 2.45) is 0 Å². The lowest BCUT2D eigenvalue weighted by Gasteiger charge is -2.26. The van der Waals surface area contributed by atoms with Gasteiger partial charge in [0.15, 0.2) is 0 Å². The second-order valence-corrected chi connectivity index (χ2v) is 5.32.